The summed E-state index contributed by atoms with van der Waals surface area (Å²) in [4.78, 5) is 0. The van der Waals surface area contributed by atoms with Gasteiger partial charge < -0.3 is 5.32 Å². The number of aromatic nitrogens is 2. The Balaban J connectivity index is 2.10. The second-order valence-corrected chi connectivity index (χ2v) is 4.73. The minimum atomic E-state index is 0.401. The normalized spacial score (nSPS) is 12.6. The van der Waals surface area contributed by atoms with Crippen LogP contribution in [0.5, 0.6) is 0 Å². The standard InChI is InChI=1S/C15H21N3/c1-4-9-16-13(3)14-5-7-15(8-6-14)18-11-12(2)10-17-18/h5-8,10-11,13,16H,4,9H2,1-3H3. The van der Waals surface area contributed by atoms with Gasteiger partial charge in [0, 0.05) is 12.2 Å². The number of hydrogen-bond acceptors (Lipinski definition) is 2. The highest BCUT2D eigenvalue weighted by atomic mass is 15.3. The average Bonchev–Trinajstić information content (AvgIpc) is 2.83. The van der Waals surface area contributed by atoms with Crippen molar-refractivity contribution in [2.24, 2.45) is 0 Å². The molecule has 1 heterocycles. The number of rotatable bonds is 5. The van der Waals surface area contributed by atoms with Gasteiger partial charge in [0.15, 0.2) is 0 Å². The maximum atomic E-state index is 4.31. The first kappa shape index (κ1) is 12.8. The molecule has 1 unspecified atom stereocenters. The first-order valence-electron chi connectivity index (χ1n) is 6.55. The van der Waals surface area contributed by atoms with E-state index in [9.17, 15) is 0 Å². The third-order valence-corrected chi connectivity index (χ3v) is 3.07. The van der Waals surface area contributed by atoms with Gasteiger partial charge in [-0.05, 0) is 50.1 Å². The summed E-state index contributed by atoms with van der Waals surface area (Å²) < 4.78 is 1.91. The van der Waals surface area contributed by atoms with Gasteiger partial charge in [0.25, 0.3) is 0 Å². The number of hydrogen-bond donors (Lipinski definition) is 1. The largest absolute Gasteiger partial charge is 0.310 e. The fourth-order valence-corrected chi connectivity index (χ4v) is 1.95. The molecule has 3 heteroatoms. The van der Waals surface area contributed by atoms with Crippen molar-refractivity contribution in [3.8, 4) is 5.69 Å². The van der Waals surface area contributed by atoms with Gasteiger partial charge in [0.05, 0.1) is 11.9 Å². The van der Waals surface area contributed by atoms with Crippen LogP contribution >= 0.6 is 0 Å². The molecule has 0 saturated heterocycles. The van der Waals surface area contributed by atoms with E-state index in [0.29, 0.717) is 6.04 Å². The smallest absolute Gasteiger partial charge is 0.0645 e. The summed E-state index contributed by atoms with van der Waals surface area (Å²) in [5, 5.41) is 7.80. The van der Waals surface area contributed by atoms with Crippen LogP contribution in [0.4, 0.5) is 0 Å². The van der Waals surface area contributed by atoms with Crippen molar-refractivity contribution < 1.29 is 0 Å². The zero-order chi connectivity index (χ0) is 13.0. The lowest BCUT2D eigenvalue weighted by molar-refractivity contribution is 0.570. The molecule has 0 aliphatic rings. The molecule has 0 amide bonds. The van der Waals surface area contributed by atoms with Crippen molar-refractivity contribution in [2.75, 3.05) is 6.54 Å². The summed E-state index contributed by atoms with van der Waals surface area (Å²) in [6.45, 7) is 7.49. The number of nitrogens with one attached hydrogen (secondary N) is 1. The van der Waals surface area contributed by atoms with E-state index < -0.39 is 0 Å². The highest BCUT2D eigenvalue weighted by Crippen LogP contribution is 2.15. The molecular formula is C15H21N3. The van der Waals surface area contributed by atoms with E-state index in [1.165, 1.54) is 11.1 Å². The first-order chi connectivity index (χ1) is 8.70. The SMILES string of the molecule is CCCNC(C)c1ccc(-n2cc(C)cn2)cc1. The van der Waals surface area contributed by atoms with E-state index in [0.717, 1.165) is 18.7 Å². The summed E-state index contributed by atoms with van der Waals surface area (Å²) in [7, 11) is 0. The molecule has 0 spiro atoms. The lowest BCUT2D eigenvalue weighted by atomic mass is 10.1. The first-order valence-corrected chi connectivity index (χ1v) is 6.55. The molecule has 2 aromatic rings. The predicted octanol–water partition coefficient (Wildman–Crippen LogP) is 3.24. The van der Waals surface area contributed by atoms with Crippen LogP contribution in [0.3, 0.4) is 0 Å². The van der Waals surface area contributed by atoms with E-state index in [4.69, 9.17) is 0 Å². The molecule has 96 valence electrons. The highest BCUT2D eigenvalue weighted by Gasteiger charge is 2.04. The minimum absolute atomic E-state index is 0.401. The van der Waals surface area contributed by atoms with Gasteiger partial charge in [-0.1, -0.05) is 19.1 Å². The van der Waals surface area contributed by atoms with Gasteiger partial charge in [-0.2, -0.15) is 5.10 Å². The Morgan fingerprint density at radius 1 is 1.28 bits per heavy atom. The zero-order valence-electron chi connectivity index (χ0n) is 11.4. The van der Waals surface area contributed by atoms with Gasteiger partial charge in [-0.15, -0.1) is 0 Å². The van der Waals surface area contributed by atoms with Crippen LogP contribution in [0.2, 0.25) is 0 Å². The summed E-state index contributed by atoms with van der Waals surface area (Å²) >= 11 is 0. The monoisotopic (exact) mass is 243 g/mol. The second kappa shape index (κ2) is 5.83. The molecule has 0 radical (unpaired) electrons. The van der Waals surface area contributed by atoms with Crippen molar-refractivity contribution >= 4 is 0 Å². The van der Waals surface area contributed by atoms with E-state index in [-0.39, 0.29) is 0 Å². The van der Waals surface area contributed by atoms with E-state index in [1.807, 2.05) is 17.1 Å². The van der Waals surface area contributed by atoms with E-state index in [2.05, 4.69) is 55.5 Å². The van der Waals surface area contributed by atoms with Gasteiger partial charge in [0.2, 0.25) is 0 Å². The molecule has 2 rings (SSSR count). The van der Waals surface area contributed by atoms with Crippen molar-refractivity contribution in [3.63, 3.8) is 0 Å². The molecule has 0 bridgehead atoms. The van der Waals surface area contributed by atoms with Gasteiger partial charge in [-0.3, -0.25) is 0 Å². The number of benzene rings is 1. The third-order valence-electron chi connectivity index (χ3n) is 3.07. The zero-order valence-corrected chi connectivity index (χ0v) is 11.4. The van der Waals surface area contributed by atoms with Crippen LogP contribution in [0.15, 0.2) is 36.7 Å². The van der Waals surface area contributed by atoms with E-state index in [1.54, 1.807) is 0 Å². The molecule has 1 N–H and O–H groups in total. The molecule has 3 nitrogen and oxygen atoms in total. The van der Waals surface area contributed by atoms with Crippen LogP contribution in [-0.4, -0.2) is 16.3 Å². The van der Waals surface area contributed by atoms with Crippen LogP contribution in [-0.2, 0) is 0 Å². The fraction of sp³-hybridized carbons (Fsp3) is 0.400. The number of nitrogens with zero attached hydrogens (tertiary/aromatic N) is 2. The Kier molecular flexibility index (Phi) is 4.15. The van der Waals surface area contributed by atoms with Gasteiger partial charge in [-0.25, -0.2) is 4.68 Å². The van der Waals surface area contributed by atoms with Crippen LogP contribution in [0, 0.1) is 6.92 Å². The van der Waals surface area contributed by atoms with Crippen molar-refractivity contribution in [2.45, 2.75) is 33.2 Å². The van der Waals surface area contributed by atoms with Crippen LogP contribution < -0.4 is 5.32 Å². The van der Waals surface area contributed by atoms with Crippen LogP contribution in [0.1, 0.15) is 37.4 Å². The van der Waals surface area contributed by atoms with Crippen molar-refractivity contribution in [3.05, 3.63) is 47.8 Å². The third kappa shape index (κ3) is 2.99. The highest BCUT2D eigenvalue weighted by molar-refractivity contribution is 5.35. The Morgan fingerprint density at radius 3 is 2.56 bits per heavy atom. The molecule has 0 aliphatic carbocycles. The van der Waals surface area contributed by atoms with E-state index >= 15 is 0 Å². The quantitative estimate of drug-likeness (QED) is 0.873. The molecule has 1 aromatic carbocycles. The summed E-state index contributed by atoms with van der Waals surface area (Å²) in [6.07, 6.45) is 5.07. The van der Waals surface area contributed by atoms with Crippen LogP contribution in [0.25, 0.3) is 5.69 Å². The topological polar surface area (TPSA) is 29.9 Å². The Labute approximate surface area is 109 Å². The number of aryl methyl sites for hydroxylation is 1. The molecule has 18 heavy (non-hydrogen) atoms. The maximum absolute atomic E-state index is 4.31. The lowest BCUT2D eigenvalue weighted by Gasteiger charge is -2.14. The Bertz CT molecular complexity index is 485. The molecule has 1 aromatic heterocycles. The maximum Gasteiger partial charge on any atom is 0.0645 e. The summed E-state index contributed by atoms with van der Waals surface area (Å²) in [5.74, 6) is 0. The molecule has 0 saturated carbocycles. The van der Waals surface area contributed by atoms with Crippen molar-refractivity contribution in [1.82, 2.24) is 15.1 Å². The Hall–Kier alpha value is -1.61. The second-order valence-electron chi connectivity index (χ2n) is 4.73. The van der Waals surface area contributed by atoms with Crippen molar-refractivity contribution in [1.29, 1.82) is 0 Å². The molecular weight excluding hydrogens is 222 g/mol. The molecule has 0 fully saturated rings. The molecule has 1 atom stereocenters. The predicted molar refractivity (Wildman–Crippen MR) is 75.0 cm³/mol. The summed E-state index contributed by atoms with van der Waals surface area (Å²) in [6, 6.07) is 8.97. The average molecular weight is 243 g/mol. The van der Waals surface area contributed by atoms with Gasteiger partial charge >= 0.3 is 0 Å². The lowest BCUT2D eigenvalue weighted by Crippen LogP contribution is -2.19. The molecule has 0 aliphatic heterocycles. The minimum Gasteiger partial charge on any atom is -0.310 e. The Morgan fingerprint density at radius 2 is 2.00 bits per heavy atom. The fourth-order valence-electron chi connectivity index (χ4n) is 1.95. The van der Waals surface area contributed by atoms with Gasteiger partial charge in [0.1, 0.15) is 0 Å². The summed E-state index contributed by atoms with van der Waals surface area (Å²) in [5.41, 5.74) is 3.60.